The van der Waals surface area contributed by atoms with Crippen LogP contribution in [0.3, 0.4) is 0 Å². The highest BCUT2D eigenvalue weighted by atomic mass is 127. The standard InChI is InChI=1S/C15H19FN4O.HI/c1-10-4-5-12(8-14(10)16)11(2)19-15(17-3)18-9-13-6-7-21-20-13;/h4-8,11H,9H2,1-3H3,(H2,17,18,19);1H. The summed E-state index contributed by atoms with van der Waals surface area (Å²) in [5, 5.41) is 10.1. The molecule has 7 heteroatoms. The van der Waals surface area contributed by atoms with Gasteiger partial charge in [-0.05, 0) is 31.0 Å². The fourth-order valence-electron chi connectivity index (χ4n) is 1.86. The quantitative estimate of drug-likeness (QED) is 0.455. The molecule has 0 bridgehead atoms. The average Bonchev–Trinajstić information content (AvgIpc) is 2.99. The van der Waals surface area contributed by atoms with Crippen molar-refractivity contribution in [2.75, 3.05) is 7.05 Å². The molecule has 0 aliphatic carbocycles. The molecule has 1 heterocycles. The van der Waals surface area contributed by atoms with E-state index in [4.69, 9.17) is 4.52 Å². The van der Waals surface area contributed by atoms with Crippen LogP contribution in [0.25, 0.3) is 0 Å². The first kappa shape index (κ1) is 18.4. The molecule has 1 atom stereocenters. The summed E-state index contributed by atoms with van der Waals surface area (Å²) in [6.45, 7) is 4.20. The zero-order chi connectivity index (χ0) is 15.2. The first-order valence-corrected chi connectivity index (χ1v) is 6.72. The van der Waals surface area contributed by atoms with Gasteiger partial charge in [-0.25, -0.2) is 4.39 Å². The number of nitrogens with zero attached hydrogens (tertiary/aromatic N) is 2. The van der Waals surface area contributed by atoms with Gasteiger partial charge >= 0.3 is 0 Å². The molecule has 22 heavy (non-hydrogen) atoms. The lowest BCUT2D eigenvalue weighted by atomic mass is 10.1. The molecule has 0 saturated heterocycles. The van der Waals surface area contributed by atoms with Crippen molar-refractivity contribution < 1.29 is 8.91 Å². The van der Waals surface area contributed by atoms with Crippen molar-refractivity contribution in [3.8, 4) is 0 Å². The van der Waals surface area contributed by atoms with E-state index < -0.39 is 0 Å². The molecule has 5 nitrogen and oxygen atoms in total. The molecule has 0 radical (unpaired) electrons. The summed E-state index contributed by atoms with van der Waals surface area (Å²) in [7, 11) is 1.68. The largest absolute Gasteiger partial charge is 0.364 e. The van der Waals surface area contributed by atoms with E-state index >= 15 is 0 Å². The number of halogens is 2. The molecule has 2 N–H and O–H groups in total. The summed E-state index contributed by atoms with van der Waals surface area (Å²) < 4.78 is 18.4. The normalized spacial score (nSPS) is 12.5. The maximum absolute atomic E-state index is 13.6. The van der Waals surface area contributed by atoms with Gasteiger partial charge < -0.3 is 15.2 Å². The number of nitrogens with one attached hydrogen (secondary N) is 2. The fraction of sp³-hybridized carbons (Fsp3) is 0.333. The third kappa shape index (κ3) is 4.97. The Balaban J connectivity index is 0.00000242. The van der Waals surface area contributed by atoms with Gasteiger partial charge in [-0.2, -0.15) is 0 Å². The van der Waals surface area contributed by atoms with Crippen molar-refractivity contribution in [2.45, 2.75) is 26.4 Å². The van der Waals surface area contributed by atoms with Gasteiger partial charge in [0.2, 0.25) is 0 Å². The fourth-order valence-corrected chi connectivity index (χ4v) is 1.86. The lowest BCUT2D eigenvalue weighted by Crippen LogP contribution is -2.38. The lowest BCUT2D eigenvalue weighted by molar-refractivity contribution is 0.410. The number of hydrogen-bond donors (Lipinski definition) is 2. The van der Waals surface area contributed by atoms with Crippen LogP contribution in [0.15, 0.2) is 40.0 Å². The van der Waals surface area contributed by atoms with Gasteiger partial charge in [-0.3, -0.25) is 4.99 Å². The third-order valence-electron chi connectivity index (χ3n) is 3.20. The number of benzene rings is 1. The van der Waals surface area contributed by atoms with Crippen molar-refractivity contribution >= 4 is 29.9 Å². The summed E-state index contributed by atoms with van der Waals surface area (Å²) in [6, 6.07) is 6.93. The smallest absolute Gasteiger partial charge is 0.191 e. The molecule has 0 spiro atoms. The van der Waals surface area contributed by atoms with E-state index in [2.05, 4.69) is 20.8 Å². The highest BCUT2D eigenvalue weighted by molar-refractivity contribution is 14.0. The Hall–Kier alpha value is -1.64. The van der Waals surface area contributed by atoms with Gasteiger partial charge in [-0.1, -0.05) is 17.3 Å². The maximum atomic E-state index is 13.6. The van der Waals surface area contributed by atoms with Gasteiger partial charge in [-0.15, -0.1) is 24.0 Å². The van der Waals surface area contributed by atoms with Crippen LogP contribution in [-0.2, 0) is 6.54 Å². The van der Waals surface area contributed by atoms with E-state index in [0.29, 0.717) is 18.1 Å². The first-order valence-electron chi connectivity index (χ1n) is 6.72. The molecule has 120 valence electrons. The predicted molar refractivity (Wildman–Crippen MR) is 94.8 cm³/mol. The van der Waals surface area contributed by atoms with E-state index in [1.807, 2.05) is 13.0 Å². The second kappa shape index (κ2) is 8.72. The minimum atomic E-state index is -0.202. The van der Waals surface area contributed by atoms with Crippen LogP contribution in [0.4, 0.5) is 4.39 Å². The van der Waals surface area contributed by atoms with E-state index in [0.717, 1.165) is 11.3 Å². The molecule has 1 unspecified atom stereocenters. The molecule has 1 aromatic heterocycles. The molecular weight excluding hydrogens is 398 g/mol. The summed E-state index contributed by atoms with van der Waals surface area (Å²) in [6.07, 6.45) is 1.52. The van der Waals surface area contributed by atoms with E-state index in [1.165, 1.54) is 12.3 Å². The van der Waals surface area contributed by atoms with Gasteiger partial charge in [0.15, 0.2) is 5.96 Å². The minimum Gasteiger partial charge on any atom is -0.364 e. The number of aromatic nitrogens is 1. The Morgan fingerprint density at radius 2 is 2.18 bits per heavy atom. The minimum absolute atomic E-state index is 0. The molecule has 0 amide bonds. The highest BCUT2D eigenvalue weighted by Gasteiger charge is 2.10. The molecule has 2 aromatic rings. The van der Waals surface area contributed by atoms with E-state index in [9.17, 15) is 4.39 Å². The summed E-state index contributed by atoms with van der Waals surface area (Å²) in [5.74, 6) is 0.415. The number of aryl methyl sites for hydroxylation is 1. The predicted octanol–water partition coefficient (Wildman–Crippen LogP) is 3.17. The van der Waals surface area contributed by atoms with Crippen molar-refractivity contribution in [3.63, 3.8) is 0 Å². The molecule has 0 aliphatic rings. The molecule has 1 aromatic carbocycles. The second-order valence-corrected chi connectivity index (χ2v) is 4.79. The van der Waals surface area contributed by atoms with Crippen molar-refractivity contribution in [2.24, 2.45) is 4.99 Å². The van der Waals surface area contributed by atoms with Gasteiger partial charge in [0, 0.05) is 13.1 Å². The van der Waals surface area contributed by atoms with Gasteiger partial charge in [0.25, 0.3) is 0 Å². The SMILES string of the molecule is CN=C(NCc1ccon1)NC(C)c1ccc(C)c(F)c1.I. The number of aliphatic imine (C=N–C) groups is 1. The maximum Gasteiger partial charge on any atom is 0.191 e. The van der Waals surface area contributed by atoms with Crippen LogP contribution in [0.1, 0.15) is 29.8 Å². The molecule has 2 rings (SSSR count). The topological polar surface area (TPSA) is 62.5 Å². The second-order valence-electron chi connectivity index (χ2n) is 4.79. The summed E-state index contributed by atoms with van der Waals surface area (Å²) >= 11 is 0. The van der Waals surface area contributed by atoms with Gasteiger partial charge in [0.1, 0.15) is 17.8 Å². The van der Waals surface area contributed by atoms with Crippen LogP contribution in [-0.4, -0.2) is 18.2 Å². The van der Waals surface area contributed by atoms with Crippen molar-refractivity contribution in [3.05, 3.63) is 53.2 Å². The Labute approximate surface area is 146 Å². The zero-order valence-corrected chi connectivity index (χ0v) is 15.1. The number of rotatable bonds is 4. The van der Waals surface area contributed by atoms with Gasteiger partial charge in [0.05, 0.1) is 12.6 Å². The zero-order valence-electron chi connectivity index (χ0n) is 12.8. The Kier molecular flexibility index (Phi) is 7.30. The monoisotopic (exact) mass is 418 g/mol. The Morgan fingerprint density at radius 3 is 2.77 bits per heavy atom. The van der Waals surface area contributed by atoms with Crippen LogP contribution in [0.2, 0.25) is 0 Å². The molecule has 0 fully saturated rings. The van der Waals surface area contributed by atoms with Crippen LogP contribution in [0.5, 0.6) is 0 Å². The molecular formula is C15H20FIN4O. The number of hydrogen-bond acceptors (Lipinski definition) is 3. The van der Waals surface area contributed by atoms with Crippen molar-refractivity contribution in [1.29, 1.82) is 0 Å². The molecule has 0 saturated carbocycles. The Bertz CT molecular complexity index is 616. The van der Waals surface area contributed by atoms with E-state index in [1.54, 1.807) is 26.1 Å². The molecule has 0 aliphatic heterocycles. The summed E-state index contributed by atoms with van der Waals surface area (Å²) in [5.41, 5.74) is 2.29. The van der Waals surface area contributed by atoms with Crippen LogP contribution in [0, 0.1) is 12.7 Å². The highest BCUT2D eigenvalue weighted by Crippen LogP contribution is 2.16. The summed E-state index contributed by atoms with van der Waals surface area (Å²) in [4.78, 5) is 4.14. The Morgan fingerprint density at radius 1 is 1.41 bits per heavy atom. The van der Waals surface area contributed by atoms with Crippen LogP contribution >= 0.6 is 24.0 Å². The lowest BCUT2D eigenvalue weighted by Gasteiger charge is -2.18. The average molecular weight is 418 g/mol. The third-order valence-corrected chi connectivity index (χ3v) is 3.20. The van der Waals surface area contributed by atoms with Crippen LogP contribution < -0.4 is 10.6 Å². The number of guanidine groups is 1. The van der Waals surface area contributed by atoms with Crippen molar-refractivity contribution in [1.82, 2.24) is 15.8 Å². The van der Waals surface area contributed by atoms with E-state index in [-0.39, 0.29) is 35.8 Å². The first-order chi connectivity index (χ1) is 10.1.